The number of pyridine rings is 1. The Bertz CT molecular complexity index is 553. The molecule has 2 nitrogen and oxygen atoms in total. The van der Waals surface area contributed by atoms with E-state index in [-0.39, 0.29) is 0 Å². The molecule has 5 heteroatoms. The molecule has 0 unspecified atom stereocenters. The van der Waals surface area contributed by atoms with Crippen molar-refractivity contribution in [3.63, 3.8) is 0 Å². The highest BCUT2D eigenvalue weighted by Gasteiger charge is 2.05. The maximum Gasteiger partial charge on any atom is 0.152 e. The third-order valence-electron chi connectivity index (χ3n) is 2.57. The van der Waals surface area contributed by atoms with Crippen LogP contribution in [-0.4, -0.2) is 4.98 Å². The molecule has 0 aliphatic carbocycles. The van der Waals surface area contributed by atoms with Crippen LogP contribution in [0.1, 0.15) is 11.1 Å². The SMILES string of the molecule is Cc1ccnc(Cl)c1NCc1ccc(Br)c(Br)c1. The Labute approximate surface area is 128 Å². The predicted molar refractivity (Wildman–Crippen MR) is 83.2 cm³/mol. The highest BCUT2D eigenvalue weighted by molar-refractivity contribution is 9.13. The van der Waals surface area contributed by atoms with Crippen LogP contribution in [0, 0.1) is 6.92 Å². The molecule has 0 saturated heterocycles. The zero-order chi connectivity index (χ0) is 13.1. The third kappa shape index (κ3) is 3.25. The molecule has 0 amide bonds. The van der Waals surface area contributed by atoms with Gasteiger partial charge in [0, 0.05) is 21.7 Å². The normalized spacial score (nSPS) is 10.4. The standard InChI is InChI=1S/C13H11Br2ClN2/c1-8-4-5-17-13(16)12(8)18-7-9-2-3-10(14)11(15)6-9/h2-6,18H,7H2,1H3. The van der Waals surface area contributed by atoms with Crippen molar-refractivity contribution >= 4 is 49.1 Å². The summed E-state index contributed by atoms with van der Waals surface area (Å²) in [5.41, 5.74) is 3.15. The van der Waals surface area contributed by atoms with Crippen molar-refractivity contribution in [2.75, 3.05) is 5.32 Å². The average Bonchev–Trinajstić information content (AvgIpc) is 2.33. The summed E-state index contributed by atoms with van der Waals surface area (Å²) in [7, 11) is 0. The molecule has 1 aromatic heterocycles. The molecule has 0 bridgehead atoms. The van der Waals surface area contributed by atoms with E-state index in [0.717, 1.165) is 20.2 Å². The number of benzene rings is 1. The lowest BCUT2D eigenvalue weighted by Gasteiger charge is -2.11. The maximum absolute atomic E-state index is 6.06. The minimum Gasteiger partial charge on any atom is -0.378 e. The van der Waals surface area contributed by atoms with Crippen molar-refractivity contribution in [3.05, 3.63) is 55.7 Å². The molecule has 0 atom stereocenters. The lowest BCUT2D eigenvalue weighted by Crippen LogP contribution is -2.02. The van der Waals surface area contributed by atoms with Crippen LogP contribution in [0.3, 0.4) is 0 Å². The number of anilines is 1. The summed E-state index contributed by atoms with van der Waals surface area (Å²) in [4.78, 5) is 4.07. The van der Waals surface area contributed by atoms with Gasteiger partial charge in [-0.15, -0.1) is 0 Å². The fourth-order valence-corrected chi connectivity index (χ4v) is 2.52. The van der Waals surface area contributed by atoms with Crippen molar-refractivity contribution in [2.45, 2.75) is 13.5 Å². The Morgan fingerprint density at radius 3 is 2.67 bits per heavy atom. The molecular formula is C13H11Br2ClN2. The van der Waals surface area contributed by atoms with Crippen LogP contribution in [0.4, 0.5) is 5.69 Å². The monoisotopic (exact) mass is 388 g/mol. The minimum absolute atomic E-state index is 0.506. The van der Waals surface area contributed by atoms with E-state index in [1.165, 1.54) is 5.56 Å². The van der Waals surface area contributed by atoms with Gasteiger partial charge in [0.15, 0.2) is 5.15 Å². The summed E-state index contributed by atoms with van der Waals surface area (Å²) in [6.45, 7) is 2.71. The van der Waals surface area contributed by atoms with Crippen molar-refractivity contribution in [1.82, 2.24) is 4.98 Å². The largest absolute Gasteiger partial charge is 0.378 e. The number of hydrogen-bond acceptors (Lipinski definition) is 2. The number of hydrogen-bond donors (Lipinski definition) is 1. The molecule has 94 valence electrons. The van der Waals surface area contributed by atoms with Gasteiger partial charge in [0.25, 0.3) is 0 Å². The first-order valence-corrected chi connectivity index (χ1v) is 7.33. The highest BCUT2D eigenvalue weighted by atomic mass is 79.9. The second-order valence-corrected chi connectivity index (χ2v) is 5.96. The summed E-state index contributed by atoms with van der Waals surface area (Å²) >= 11 is 13.0. The van der Waals surface area contributed by atoms with Gasteiger partial charge >= 0.3 is 0 Å². The number of nitrogens with one attached hydrogen (secondary N) is 1. The second kappa shape index (κ2) is 6.04. The number of halogens is 3. The fourth-order valence-electron chi connectivity index (χ4n) is 1.58. The molecule has 1 N–H and O–H groups in total. The Morgan fingerprint density at radius 2 is 2.00 bits per heavy atom. The second-order valence-electron chi connectivity index (χ2n) is 3.90. The molecule has 18 heavy (non-hydrogen) atoms. The first-order valence-electron chi connectivity index (χ1n) is 5.37. The van der Waals surface area contributed by atoms with E-state index in [1.54, 1.807) is 6.20 Å². The number of nitrogens with zero attached hydrogens (tertiary/aromatic N) is 1. The van der Waals surface area contributed by atoms with Gasteiger partial charge in [0.1, 0.15) is 0 Å². The van der Waals surface area contributed by atoms with E-state index in [9.17, 15) is 0 Å². The molecular weight excluding hydrogens is 379 g/mol. The van der Waals surface area contributed by atoms with Crippen molar-refractivity contribution in [3.8, 4) is 0 Å². The van der Waals surface area contributed by atoms with Crippen molar-refractivity contribution in [1.29, 1.82) is 0 Å². The smallest absolute Gasteiger partial charge is 0.152 e. The van der Waals surface area contributed by atoms with Crippen LogP contribution < -0.4 is 5.32 Å². The minimum atomic E-state index is 0.506. The molecule has 0 radical (unpaired) electrons. The van der Waals surface area contributed by atoms with E-state index in [4.69, 9.17) is 11.6 Å². The zero-order valence-corrected chi connectivity index (χ0v) is 13.6. The Kier molecular flexibility index (Phi) is 4.65. The van der Waals surface area contributed by atoms with Crippen LogP contribution in [0.25, 0.3) is 0 Å². The zero-order valence-electron chi connectivity index (χ0n) is 9.67. The Morgan fingerprint density at radius 1 is 1.22 bits per heavy atom. The lowest BCUT2D eigenvalue weighted by molar-refractivity contribution is 1.12. The van der Waals surface area contributed by atoms with E-state index in [0.29, 0.717) is 11.7 Å². The molecule has 0 fully saturated rings. The number of aromatic nitrogens is 1. The lowest BCUT2D eigenvalue weighted by atomic mass is 10.2. The Hall–Kier alpha value is -0.580. The first kappa shape index (κ1) is 13.8. The van der Waals surface area contributed by atoms with Gasteiger partial charge in [-0.1, -0.05) is 17.7 Å². The van der Waals surface area contributed by atoms with Crippen molar-refractivity contribution < 1.29 is 0 Å². The van der Waals surface area contributed by atoms with Gasteiger partial charge in [-0.3, -0.25) is 0 Å². The fraction of sp³-hybridized carbons (Fsp3) is 0.154. The summed E-state index contributed by atoms with van der Waals surface area (Å²) in [5.74, 6) is 0. The van der Waals surface area contributed by atoms with Gasteiger partial charge < -0.3 is 5.32 Å². The Balaban J connectivity index is 2.14. The molecule has 1 heterocycles. The molecule has 2 rings (SSSR count). The van der Waals surface area contributed by atoms with Gasteiger partial charge in [-0.2, -0.15) is 0 Å². The molecule has 0 saturated carbocycles. The van der Waals surface area contributed by atoms with Gasteiger partial charge in [0.2, 0.25) is 0 Å². The van der Waals surface area contributed by atoms with Crippen LogP contribution in [0.5, 0.6) is 0 Å². The molecule has 1 aromatic carbocycles. The van der Waals surface area contributed by atoms with E-state index >= 15 is 0 Å². The van der Waals surface area contributed by atoms with E-state index in [1.807, 2.05) is 19.1 Å². The molecule has 0 aliphatic heterocycles. The summed E-state index contributed by atoms with van der Waals surface area (Å²) in [6, 6.07) is 8.07. The van der Waals surface area contributed by atoms with Crippen LogP contribution in [0.15, 0.2) is 39.4 Å². The molecule has 0 spiro atoms. The van der Waals surface area contributed by atoms with Gasteiger partial charge in [-0.05, 0) is 68.1 Å². The maximum atomic E-state index is 6.06. The summed E-state index contributed by atoms with van der Waals surface area (Å²) in [6.07, 6.45) is 1.71. The first-order chi connectivity index (χ1) is 8.58. The quantitative estimate of drug-likeness (QED) is 0.731. The number of rotatable bonds is 3. The topological polar surface area (TPSA) is 24.9 Å². The number of aryl methyl sites for hydroxylation is 1. The highest BCUT2D eigenvalue weighted by Crippen LogP contribution is 2.26. The van der Waals surface area contributed by atoms with Crippen LogP contribution >= 0.6 is 43.5 Å². The van der Waals surface area contributed by atoms with Crippen molar-refractivity contribution in [2.24, 2.45) is 0 Å². The average molecular weight is 391 g/mol. The third-order valence-corrected chi connectivity index (χ3v) is 4.73. The molecule has 2 aromatic rings. The van der Waals surface area contributed by atoms with E-state index in [2.05, 4.69) is 54.3 Å². The van der Waals surface area contributed by atoms with Crippen LogP contribution in [0.2, 0.25) is 5.15 Å². The predicted octanol–water partition coefficient (Wildman–Crippen LogP) is 5.18. The van der Waals surface area contributed by atoms with E-state index < -0.39 is 0 Å². The van der Waals surface area contributed by atoms with Gasteiger partial charge in [0.05, 0.1) is 5.69 Å². The van der Waals surface area contributed by atoms with Gasteiger partial charge in [-0.25, -0.2) is 4.98 Å². The summed E-state index contributed by atoms with van der Waals surface area (Å²) in [5, 5.41) is 3.82. The van der Waals surface area contributed by atoms with Crippen LogP contribution in [-0.2, 0) is 6.54 Å². The molecule has 0 aliphatic rings. The summed E-state index contributed by atoms with van der Waals surface area (Å²) < 4.78 is 2.08.